The fourth-order valence-electron chi connectivity index (χ4n) is 6.30. The molecule has 0 spiro atoms. The normalized spacial score (nSPS) is 13.4. The van der Waals surface area contributed by atoms with Gasteiger partial charge in [0.1, 0.15) is 0 Å². The Balaban J connectivity index is 3.48. The van der Waals surface area contributed by atoms with E-state index < -0.39 is 10.4 Å². The fourth-order valence-corrected chi connectivity index (χ4v) is 6.78. The molecule has 0 saturated carbocycles. The van der Waals surface area contributed by atoms with E-state index in [-0.39, 0.29) is 12.2 Å². The maximum Gasteiger partial charge on any atom is 0.453 e. The molecule has 0 aromatic heterocycles. The molecule has 2 unspecified atom stereocenters. The summed E-state index contributed by atoms with van der Waals surface area (Å²) in [6.07, 6.45) is 43.5. The molecule has 0 saturated heterocycles. The van der Waals surface area contributed by atoms with Crippen LogP contribution in [0.2, 0.25) is 0 Å². The fraction of sp³-hybridized carbons (Fsp3) is 1.00. The number of unbranched alkanes of at least 4 members (excludes halogenated alkanes) is 30. The van der Waals surface area contributed by atoms with Gasteiger partial charge in [-0.3, -0.25) is 0 Å². The van der Waals surface area contributed by atoms with Crippen LogP contribution in [0.3, 0.4) is 0 Å². The molecule has 0 N–H and O–H groups in total. The van der Waals surface area contributed by atoms with Gasteiger partial charge in [0.25, 0.3) is 0 Å². The monoisotopic (exact) mass is 691 g/mol. The van der Waals surface area contributed by atoms with E-state index in [0.717, 1.165) is 38.5 Å². The van der Waals surface area contributed by atoms with Gasteiger partial charge in [-0.2, -0.15) is 8.42 Å². The summed E-state index contributed by atoms with van der Waals surface area (Å²) in [7, 11) is -4.34. The van der Waals surface area contributed by atoms with Gasteiger partial charge in [-0.25, -0.2) is 9.78 Å². The van der Waals surface area contributed by atoms with Crippen molar-refractivity contribution in [3.05, 3.63) is 0 Å². The van der Waals surface area contributed by atoms with E-state index >= 15 is 0 Å². The third kappa shape index (κ3) is 38.4. The number of hydrogen-bond acceptors (Lipinski definition) is 6. The first-order valence-corrected chi connectivity index (χ1v) is 22.2. The smallest absolute Gasteiger partial charge is 0.215 e. The third-order valence-corrected chi connectivity index (χ3v) is 9.99. The topological polar surface area (TPSA) is 71.1 Å². The van der Waals surface area contributed by atoms with E-state index in [1.807, 2.05) is 13.8 Å². The number of hydrogen-bond donors (Lipinski definition) is 0. The molecule has 2 atom stereocenters. The molecule has 284 valence electrons. The predicted molar refractivity (Wildman–Crippen MR) is 201 cm³/mol. The molecule has 0 radical (unpaired) electrons. The molecule has 0 amide bonds. The van der Waals surface area contributed by atoms with Crippen molar-refractivity contribution in [2.75, 3.05) is 0 Å². The molecule has 7 heteroatoms. The van der Waals surface area contributed by atoms with Crippen molar-refractivity contribution >= 4 is 10.4 Å². The molecule has 0 fully saturated rings. The first kappa shape index (κ1) is 46.8. The zero-order valence-corrected chi connectivity index (χ0v) is 32.9. The largest absolute Gasteiger partial charge is 0.453 e. The molecule has 0 aliphatic carbocycles. The second-order valence-corrected chi connectivity index (χ2v) is 15.6. The second kappa shape index (κ2) is 37.1. The summed E-state index contributed by atoms with van der Waals surface area (Å²) in [6, 6.07) is 0. The zero-order chi connectivity index (χ0) is 34.5. The lowest BCUT2D eigenvalue weighted by Gasteiger charge is -2.13. The standard InChI is InChI=1S/C40H82O6S/c1-5-7-9-11-13-15-17-19-21-23-25-27-29-31-33-35-37-39(3)43-45-47(41,42)46-44-40(4)38-36-34-32-30-28-26-24-22-20-18-16-14-12-10-8-6-2/h39-40H,5-38H2,1-4H3. The molecule has 0 aliphatic heterocycles. The highest BCUT2D eigenvalue weighted by Gasteiger charge is 2.19. The van der Waals surface area contributed by atoms with Crippen molar-refractivity contribution < 1.29 is 26.9 Å². The van der Waals surface area contributed by atoms with Crippen LogP contribution in [-0.4, -0.2) is 20.6 Å². The van der Waals surface area contributed by atoms with Gasteiger partial charge < -0.3 is 0 Å². The first-order valence-electron chi connectivity index (χ1n) is 20.9. The number of rotatable bonds is 40. The Kier molecular flexibility index (Phi) is 36.9. The molecular weight excluding hydrogens is 609 g/mol. The van der Waals surface area contributed by atoms with Gasteiger partial charge in [0.15, 0.2) is 0 Å². The van der Waals surface area contributed by atoms with Crippen LogP contribution in [0.4, 0.5) is 0 Å². The lowest BCUT2D eigenvalue weighted by atomic mass is 10.0. The van der Waals surface area contributed by atoms with Gasteiger partial charge in [0.05, 0.1) is 12.2 Å². The van der Waals surface area contributed by atoms with Gasteiger partial charge in [-0.1, -0.05) is 228 Å². The Morgan fingerprint density at radius 1 is 0.340 bits per heavy atom. The van der Waals surface area contributed by atoms with Gasteiger partial charge >= 0.3 is 10.4 Å². The Hall–Kier alpha value is -0.210. The van der Waals surface area contributed by atoms with Crippen LogP contribution in [0, 0.1) is 0 Å². The van der Waals surface area contributed by atoms with Crippen molar-refractivity contribution in [3.8, 4) is 0 Å². The van der Waals surface area contributed by atoms with Crippen molar-refractivity contribution in [2.24, 2.45) is 0 Å². The van der Waals surface area contributed by atoms with Crippen LogP contribution in [0.5, 0.6) is 0 Å². The molecule has 0 heterocycles. The molecule has 0 aliphatic rings. The first-order chi connectivity index (χ1) is 22.9. The molecule has 0 aromatic carbocycles. The highest BCUT2D eigenvalue weighted by atomic mass is 32.3. The van der Waals surface area contributed by atoms with Crippen LogP contribution in [0.25, 0.3) is 0 Å². The van der Waals surface area contributed by atoms with Gasteiger partial charge in [0, 0.05) is 0 Å². The summed E-state index contributed by atoms with van der Waals surface area (Å²) in [4.78, 5) is 10.1. The van der Waals surface area contributed by atoms with E-state index in [1.54, 1.807) is 0 Å². The average Bonchev–Trinajstić information content (AvgIpc) is 3.06. The molecule has 47 heavy (non-hydrogen) atoms. The van der Waals surface area contributed by atoms with Crippen molar-refractivity contribution in [2.45, 2.75) is 258 Å². The van der Waals surface area contributed by atoms with Gasteiger partial charge in [0.2, 0.25) is 0 Å². The Morgan fingerprint density at radius 2 is 0.532 bits per heavy atom. The summed E-state index contributed by atoms with van der Waals surface area (Å²) in [6.45, 7) is 8.20. The minimum Gasteiger partial charge on any atom is -0.215 e. The molecule has 0 rings (SSSR count). The Bertz CT molecular complexity index is 649. The summed E-state index contributed by atoms with van der Waals surface area (Å²) in [5.41, 5.74) is 0. The van der Waals surface area contributed by atoms with E-state index in [2.05, 4.69) is 22.5 Å². The van der Waals surface area contributed by atoms with Crippen LogP contribution in [0.1, 0.15) is 246 Å². The average molecular weight is 691 g/mol. The predicted octanol–water partition coefficient (Wildman–Crippen LogP) is 14.2. The lowest BCUT2D eigenvalue weighted by Crippen LogP contribution is -2.19. The van der Waals surface area contributed by atoms with Crippen LogP contribution in [-0.2, 0) is 28.8 Å². The maximum absolute atomic E-state index is 12.0. The minimum absolute atomic E-state index is 0.317. The second-order valence-electron chi connectivity index (χ2n) is 14.5. The zero-order valence-electron chi connectivity index (χ0n) is 32.1. The minimum atomic E-state index is -4.34. The van der Waals surface area contributed by atoms with Crippen molar-refractivity contribution in [1.82, 2.24) is 0 Å². The summed E-state index contributed by atoms with van der Waals surface area (Å²) in [5, 5.41) is 0. The lowest BCUT2D eigenvalue weighted by molar-refractivity contribution is -0.289. The maximum atomic E-state index is 12.0. The molecule has 0 bridgehead atoms. The Labute approximate surface area is 294 Å². The van der Waals surface area contributed by atoms with E-state index in [0.29, 0.717) is 0 Å². The van der Waals surface area contributed by atoms with Gasteiger partial charge in [-0.05, 0) is 26.7 Å². The summed E-state index contributed by atoms with van der Waals surface area (Å²) >= 11 is 0. The molecule has 6 nitrogen and oxygen atoms in total. The van der Waals surface area contributed by atoms with Crippen LogP contribution >= 0.6 is 0 Å². The van der Waals surface area contributed by atoms with Gasteiger partial charge in [-0.15, -0.1) is 0 Å². The summed E-state index contributed by atoms with van der Waals surface area (Å²) in [5.74, 6) is 0. The summed E-state index contributed by atoms with van der Waals surface area (Å²) < 4.78 is 33.1. The highest BCUT2D eigenvalue weighted by Crippen LogP contribution is 2.17. The van der Waals surface area contributed by atoms with E-state index in [4.69, 9.17) is 9.78 Å². The van der Waals surface area contributed by atoms with Crippen molar-refractivity contribution in [3.63, 3.8) is 0 Å². The molecular formula is C40H82O6S. The van der Waals surface area contributed by atoms with E-state index in [9.17, 15) is 8.42 Å². The molecule has 0 aromatic rings. The van der Waals surface area contributed by atoms with E-state index in [1.165, 1.54) is 180 Å². The SMILES string of the molecule is CCCCCCCCCCCCCCCCCCC(C)OOS(=O)(=O)OOC(C)CCCCCCCCCCCCCCCCCC. The Morgan fingerprint density at radius 3 is 0.745 bits per heavy atom. The highest BCUT2D eigenvalue weighted by molar-refractivity contribution is 7.81. The van der Waals surface area contributed by atoms with Crippen LogP contribution in [0.15, 0.2) is 0 Å². The third-order valence-electron chi connectivity index (χ3n) is 9.50. The van der Waals surface area contributed by atoms with Crippen LogP contribution < -0.4 is 0 Å². The quantitative estimate of drug-likeness (QED) is 0.0362. The van der Waals surface area contributed by atoms with Crippen molar-refractivity contribution in [1.29, 1.82) is 0 Å².